The predicted molar refractivity (Wildman–Crippen MR) is 47.9 cm³/mol. The molecule has 1 aliphatic heterocycles. The van der Waals surface area contributed by atoms with E-state index in [2.05, 4.69) is 0 Å². The smallest absolute Gasteiger partial charge is 0.332 e. The number of anilines is 1. The zero-order valence-electron chi connectivity index (χ0n) is 7.23. The van der Waals surface area contributed by atoms with Crippen LogP contribution in [-0.2, 0) is 4.79 Å². The fourth-order valence-corrected chi connectivity index (χ4v) is 1.29. The summed E-state index contributed by atoms with van der Waals surface area (Å²) in [5.74, 6) is 0.796. The van der Waals surface area contributed by atoms with Crippen LogP contribution in [0, 0.1) is 0 Å². The highest BCUT2D eigenvalue weighted by Crippen LogP contribution is 2.33. The van der Waals surface area contributed by atoms with Gasteiger partial charge < -0.3 is 4.74 Å². The van der Waals surface area contributed by atoms with Gasteiger partial charge in [0.25, 0.3) is 0 Å². The zero-order valence-corrected chi connectivity index (χ0v) is 7.23. The molecule has 0 saturated carbocycles. The van der Waals surface area contributed by atoms with E-state index in [4.69, 9.17) is 4.74 Å². The lowest BCUT2D eigenvalue weighted by Gasteiger charge is -2.22. The second-order valence-electron chi connectivity index (χ2n) is 2.76. The molecule has 0 spiro atoms. The van der Waals surface area contributed by atoms with E-state index in [1.807, 2.05) is 24.3 Å². The number of hydrogen-bond acceptors (Lipinski definition) is 3. The summed E-state index contributed by atoms with van der Waals surface area (Å²) in [7, 11) is 1.64. The van der Waals surface area contributed by atoms with Crippen LogP contribution >= 0.6 is 0 Å². The highest BCUT2D eigenvalue weighted by atomic mass is 16.5. The Morgan fingerprint density at radius 2 is 2.31 bits per heavy atom. The molecule has 1 aromatic rings. The van der Waals surface area contributed by atoms with Crippen LogP contribution in [0.4, 0.5) is 5.69 Å². The monoisotopic (exact) mass is 177 g/mol. The minimum atomic E-state index is 0.366. The van der Waals surface area contributed by atoms with Crippen LogP contribution in [0.15, 0.2) is 24.3 Å². The number of nitrogens with zero attached hydrogens (tertiary/aromatic N) is 2. The summed E-state index contributed by atoms with van der Waals surface area (Å²) in [6, 6.07) is 7.57. The minimum Gasteiger partial charge on any atom is -0.469 e. The first-order valence-electron chi connectivity index (χ1n) is 3.93. The van der Waals surface area contributed by atoms with E-state index in [1.54, 1.807) is 18.5 Å². The molecular weight excluding hydrogens is 168 g/mol. The van der Waals surface area contributed by atoms with Crippen LogP contribution in [0.5, 0.6) is 5.75 Å². The van der Waals surface area contributed by atoms with Crippen molar-refractivity contribution in [2.75, 3.05) is 18.8 Å². The van der Waals surface area contributed by atoms with E-state index in [1.165, 1.54) is 5.01 Å². The summed E-state index contributed by atoms with van der Waals surface area (Å²) in [5, 5.41) is 3.05. The van der Waals surface area contributed by atoms with Crippen molar-refractivity contribution in [2.24, 2.45) is 0 Å². The van der Waals surface area contributed by atoms with Crippen molar-refractivity contribution in [1.29, 1.82) is 0 Å². The zero-order chi connectivity index (χ0) is 9.26. The van der Waals surface area contributed by atoms with Crippen LogP contribution in [0.2, 0.25) is 0 Å². The Bertz CT molecular complexity index is 327. The lowest BCUT2D eigenvalue weighted by molar-refractivity contribution is 0.290. The van der Waals surface area contributed by atoms with Crippen molar-refractivity contribution in [2.45, 2.75) is 0 Å². The molecule has 4 heteroatoms. The van der Waals surface area contributed by atoms with Gasteiger partial charge in [-0.1, -0.05) is 12.1 Å². The number of benzene rings is 1. The molecule has 13 heavy (non-hydrogen) atoms. The maximum Gasteiger partial charge on any atom is 0.332 e. The van der Waals surface area contributed by atoms with E-state index in [-0.39, 0.29) is 0 Å². The highest BCUT2D eigenvalue weighted by Gasteiger charge is 2.22. The van der Waals surface area contributed by atoms with Gasteiger partial charge in [0.15, 0.2) is 6.73 Å². The number of fused-ring (bicyclic) bond motifs is 1. The SMILES string of the molecule is CN([C]=O)N1COc2ccccc21. The number of rotatable bonds is 2. The lowest BCUT2D eigenvalue weighted by atomic mass is 10.3. The minimum absolute atomic E-state index is 0.366. The number of carbonyl (C=O) groups excluding carboxylic acids is 1. The normalized spacial score (nSPS) is 13.5. The highest BCUT2D eigenvalue weighted by molar-refractivity contribution is 5.64. The maximum absolute atomic E-state index is 10.4. The van der Waals surface area contributed by atoms with Crippen molar-refractivity contribution in [3.05, 3.63) is 24.3 Å². The van der Waals surface area contributed by atoms with Crippen LogP contribution in [0.3, 0.4) is 0 Å². The third-order valence-electron chi connectivity index (χ3n) is 1.98. The van der Waals surface area contributed by atoms with Gasteiger partial charge in [0, 0.05) is 7.05 Å². The van der Waals surface area contributed by atoms with E-state index in [9.17, 15) is 4.79 Å². The molecule has 1 amide bonds. The van der Waals surface area contributed by atoms with E-state index >= 15 is 0 Å². The Morgan fingerprint density at radius 3 is 3.08 bits per heavy atom. The molecule has 67 valence electrons. The fraction of sp³-hybridized carbons (Fsp3) is 0.222. The van der Waals surface area contributed by atoms with Crippen molar-refractivity contribution in [3.63, 3.8) is 0 Å². The van der Waals surface area contributed by atoms with Gasteiger partial charge in [-0.05, 0) is 12.1 Å². The topological polar surface area (TPSA) is 32.8 Å². The summed E-state index contributed by atoms with van der Waals surface area (Å²) in [4.78, 5) is 10.4. The standard InChI is InChI=1S/C9H9N2O2/c1-10(6-12)11-7-13-9-5-3-2-4-8(9)11/h2-5H,7H2,1H3. The predicted octanol–water partition coefficient (Wildman–Crippen LogP) is 0.757. The van der Waals surface area contributed by atoms with Crippen molar-refractivity contribution >= 4 is 12.1 Å². The van der Waals surface area contributed by atoms with Gasteiger partial charge in [-0.25, -0.2) is 10.0 Å². The Labute approximate surface area is 76.3 Å². The molecule has 0 aliphatic carbocycles. The van der Waals surface area contributed by atoms with Crippen LogP contribution in [0.1, 0.15) is 0 Å². The maximum atomic E-state index is 10.4. The van der Waals surface area contributed by atoms with E-state index in [0.29, 0.717) is 6.73 Å². The quantitative estimate of drug-likeness (QED) is 0.625. The van der Waals surface area contributed by atoms with Crippen LogP contribution in [0.25, 0.3) is 0 Å². The molecule has 0 aromatic heterocycles. The second kappa shape index (κ2) is 2.97. The lowest BCUT2D eigenvalue weighted by Crippen LogP contribution is -2.38. The number of hydrazine groups is 1. The fourth-order valence-electron chi connectivity index (χ4n) is 1.29. The molecule has 0 N–H and O–H groups in total. The molecule has 1 aliphatic rings. The summed E-state index contributed by atoms with van der Waals surface area (Å²) in [5.41, 5.74) is 0.897. The van der Waals surface area contributed by atoms with E-state index < -0.39 is 0 Å². The summed E-state index contributed by atoms with van der Waals surface area (Å²) in [6.07, 6.45) is 1.78. The summed E-state index contributed by atoms with van der Waals surface area (Å²) >= 11 is 0. The molecular formula is C9H9N2O2. The van der Waals surface area contributed by atoms with Crippen molar-refractivity contribution < 1.29 is 9.53 Å². The number of hydrogen-bond donors (Lipinski definition) is 0. The van der Waals surface area contributed by atoms with Crippen LogP contribution in [-0.4, -0.2) is 25.2 Å². The summed E-state index contributed by atoms with van der Waals surface area (Å²) in [6.45, 7) is 0.366. The Balaban J connectivity index is 2.33. The first-order valence-corrected chi connectivity index (χ1v) is 3.93. The summed E-state index contributed by atoms with van der Waals surface area (Å²) < 4.78 is 5.34. The Hall–Kier alpha value is -1.71. The van der Waals surface area contributed by atoms with Gasteiger partial charge >= 0.3 is 6.41 Å². The number of para-hydroxylation sites is 2. The molecule has 0 saturated heterocycles. The Kier molecular flexibility index (Phi) is 1.81. The number of ether oxygens (including phenoxy) is 1. The molecule has 0 bridgehead atoms. The van der Waals surface area contributed by atoms with E-state index in [0.717, 1.165) is 11.4 Å². The molecule has 4 nitrogen and oxygen atoms in total. The molecule has 0 atom stereocenters. The van der Waals surface area contributed by atoms with Gasteiger partial charge in [0.05, 0.1) is 0 Å². The first-order chi connectivity index (χ1) is 6.33. The van der Waals surface area contributed by atoms with Crippen LogP contribution < -0.4 is 9.75 Å². The molecule has 2 rings (SSSR count). The third-order valence-corrected chi connectivity index (χ3v) is 1.98. The average Bonchev–Trinajstić information content (AvgIpc) is 2.60. The van der Waals surface area contributed by atoms with Crippen molar-refractivity contribution in [1.82, 2.24) is 5.01 Å². The van der Waals surface area contributed by atoms with Crippen molar-refractivity contribution in [3.8, 4) is 5.75 Å². The largest absolute Gasteiger partial charge is 0.469 e. The van der Waals surface area contributed by atoms with Gasteiger partial charge in [-0.3, -0.25) is 4.79 Å². The molecule has 1 radical (unpaired) electrons. The molecule has 1 aromatic carbocycles. The molecule has 1 heterocycles. The number of amides is 1. The second-order valence-corrected chi connectivity index (χ2v) is 2.76. The first kappa shape index (κ1) is 7.91. The van der Waals surface area contributed by atoms with Gasteiger partial charge in [0.2, 0.25) is 0 Å². The van der Waals surface area contributed by atoms with Gasteiger partial charge in [0.1, 0.15) is 11.4 Å². The molecule has 0 fully saturated rings. The van der Waals surface area contributed by atoms with Gasteiger partial charge in [-0.2, -0.15) is 0 Å². The molecule has 0 unspecified atom stereocenters. The average molecular weight is 177 g/mol. The van der Waals surface area contributed by atoms with Gasteiger partial charge in [-0.15, -0.1) is 0 Å². The third kappa shape index (κ3) is 1.20. The Morgan fingerprint density at radius 1 is 1.54 bits per heavy atom.